The summed E-state index contributed by atoms with van der Waals surface area (Å²) in [4.78, 5) is 0. The van der Waals surface area contributed by atoms with Crippen LogP contribution in [0.5, 0.6) is 0 Å². The molecule has 0 aliphatic heterocycles. The minimum absolute atomic E-state index is 0.947. The summed E-state index contributed by atoms with van der Waals surface area (Å²) in [7, 11) is 0. The molecule has 1 aromatic carbocycles. The van der Waals surface area contributed by atoms with Crippen molar-refractivity contribution in [3.8, 4) is 0 Å². The van der Waals surface area contributed by atoms with Gasteiger partial charge in [0.15, 0.2) is 0 Å². The lowest BCUT2D eigenvalue weighted by molar-refractivity contribution is 0.632. The molecule has 0 aromatic heterocycles. The zero-order chi connectivity index (χ0) is 10.2. The fraction of sp³-hybridized carbons (Fsp3) is 0.538. The van der Waals surface area contributed by atoms with Crippen molar-refractivity contribution in [2.75, 3.05) is 5.73 Å². The molecule has 0 unspecified atom stereocenters. The lowest BCUT2D eigenvalue weighted by Crippen LogP contribution is -1.93. The van der Waals surface area contributed by atoms with E-state index in [0.29, 0.717) is 0 Å². The van der Waals surface area contributed by atoms with Crippen LogP contribution in [0.2, 0.25) is 0 Å². The summed E-state index contributed by atoms with van der Waals surface area (Å²) in [5.74, 6) is 0. The molecule has 1 nitrogen and oxygen atoms in total. The van der Waals surface area contributed by atoms with Gasteiger partial charge in [0.25, 0.3) is 0 Å². The molecule has 1 aromatic rings. The molecular weight excluding hydrogens is 170 g/mol. The predicted octanol–water partition coefficient (Wildman–Crippen LogP) is 3.78. The number of unbranched alkanes of at least 4 members (excludes halogenated alkanes) is 4. The van der Waals surface area contributed by atoms with E-state index in [9.17, 15) is 0 Å². The van der Waals surface area contributed by atoms with Gasteiger partial charge in [-0.05, 0) is 24.5 Å². The van der Waals surface area contributed by atoms with Crippen LogP contribution >= 0.6 is 0 Å². The van der Waals surface area contributed by atoms with E-state index in [-0.39, 0.29) is 0 Å². The first-order valence-corrected chi connectivity index (χ1v) is 5.68. The van der Waals surface area contributed by atoms with E-state index in [0.717, 1.165) is 12.1 Å². The normalized spacial score (nSPS) is 10.4. The van der Waals surface area contributed by atoms with Crippen LogP contribution in [-0.2, 0) is 6.42 Å². The standard InChI is InChI=1S/C13H21N/c1-2-3-4-5-6-9-12-10-7-8-11-13(12)14/h7-8,10-11H,2-6,9,14H2,1H3. The summed E-state index contributed by atoms with van der Waals surface area (Å²) in [6.45, 7) is 2.25. The highest BCUT2D eigenvalue weighted by Gasteiger charge is 1.96. The summed E-state index contributed by atoms with van der Waals surface area (Å²) in [5.41, 5.74) is 8.12. The van der Waals surface area contributed by atoms with Gasteiger partial charge in [-0.15, -0.1) is 0 Å². The number of nitrogens with two attached hydrogens (primary N) is 1. The number of benzene rings is 1. The van der Waals surface area contributed by atoms with Crippen LogP contribution in [0.15, 0.2) is 24.3 Å². The van der Waals surface area contributed by atoms with Crippen molar-refractivity contribution in [3.63, 3.8) is 0 Å². The fourth-order valence-electron chi connectivity index (χ4n) is 1.68. The first-order chi connectivity index (χ1) is 6.84. The van der Waals surface area contributed by atoms with E-state index >= 15 is 0 Å². The van der Waals surface area contributed by atoms with Gasteiger partial charge in [0.2, 0.25) is 0 Å². The fourth-order valence-corrected chi connectivity index (χ4v) is 1.68. The highest BCUT2D eigenvalue weighted by atomic mass is 14.6. The second-order valence-corrected chi connectivity index (χ2v) is 3.86. The Labute approximate surface area is 87.3 Å². The summed E-state index contributed by atoms with van der Waals surface area (Å²) in [5, 5.41) is 0. The molecule has 0 bridgehead atoms. The number of nitrogen functional groups attached to an aromatic ring is 1. The van der Waals surface area contributed by atoms with E-state index in [2.05, 4.69) is 19.1 Å². The lowest BCUT2D eigenvalue weighted by Gasteiger charge is -2.04. The van der Waals surface area contributed by atoms with Crippen molar-refractivity contribution in [1.82, 2.24) is 0 Å². The number of para-hydroxylation sites is 1. The van der Waals surface area contributed by atoms with E-state index < -0.39 is 0 Å². The van der Waals surface area contributed by atoms with Gasteiger partial charge in [-0.3, -0.25) is 0 Å². The molecule has 2 N–H and O–H groups in total. The van der Waals surface area contributed by atoms with Crippen LogP contribution < -0.4 is 5.73 Å². The Morgan fingerprint density at radius 1 is 1.00 bits per heavy atom. The molecule has 14 heavy (non-hydrogen) atoms. The Hall–Kier alpha value is -0.980. The number of aryl methyl sites for hydroxylation is 1. The molecule has 0 radical (unpaired) electrons. The first kappa shape index (κ1) is 11.1. The summed E-state index contributed by atoms with van der Waals surface area (Å²) < 4.78 is 0. The zero-order valence-electron chi connectivity index (χ0n) is 9.13. The largest absolute Gasteiger partial charge is 0.399 e. The molecule has 0 atom stereocenters. The average Bonchev–Trinajstić information content (AvgIpc) is 2.20. The molecule has 0 spiro atoms. The Morgan fingerprint density at radius 2 is 1.71 bits per heavy atom. The molecule has 0 aliphatic rings. The van der Waals surface area contributed by atoms with Gasteiger partial charge >= 0.3 is 0 Å². The SMILES string of the molecule is CCCCCCCc1ccccc1N. The lowest BCUT2D eigenvalue weighted by atomic mass is 10.0. The minimum Gasteiger partial charge on any atom is -0.399 e. The molecule has 0 amide bonds. The number of rotatable bonds is 6. The second-order valence-electron chi connectivity index (χ2n) is 3.86. The maximum atomic E-state index is 5.86. The Bertz CT molecular complexity index is 255. The molecule has 0 heterocycles. The van der Waals surface area contributed by atoms with Crippen molar-refractivity contribution in [2.45, 2.75) is 45.4 Å². The van der Waals surface area contributed by atoms with Gasteiger partial charge in [-0.25, -0.2) is 0 Å². The van der Waals surface area contributed by atoms with E-state index in [4.69, 9.17) is 5.73 Å². The van der Waals surface area contributed by atoms with Crippen LogP contribution in [0.25, 0.3) is 0 Å². The number of hydrogen-bond donors (Lipinski definition) is 1. The monoisotopic (exact) mass is 191 g/mol. The highest BCUT2D eigenvalue weighted by Crippen LogP contribution is 2.14. The molecule has 78 valence electrons. The molecule has 1 rings (SSSR count). The maximum absolute atomic E-state index is 5.86. The summed E-state index contributed by atoms with van der Waals surface area (Å²) in [6.07, 6.45) is 7.79. The van der Waals surface area contributed by atoms with Crippen LogP contribution in [0.3, 0.4) is 0 Å². The molecular formula is C13H21N. The number of anilines is 1. The molecule has 0 saturated heterocycles. The van der Waals surface area contributed by atoms with Gasteiger partial charge in [0, 0.05) is 5.69 Å². The average molecular weight is 191 g/mol. The molecule has 1 heteroatoms. The van der Waals surface area contributed by atoms with Crippen molar-refractivity contribution in [3.05, 3.63) is 29.8 Å². The first-order valence-electron chi connectivity index (χ1n) is 5.68. The van der Waals surface area contributed by atoms with Crippen LogP contribution in [-0.4, -0.2) is 0 Å². The Balaban J connectivity index is 2.21. The summed E-state index contributed by atoms with van der Waals surface area (Å²) in [6, 6.07) is 8.18. The predicted molar refractivity (Wildman–Crippen MR) is 63.3 cm³/mol. The van der Waals surface area contributed by atoms with E-state index in [1.54, 1.807) is 0 Å². The number of hydrogen-bond acceptors (Lipinski definition) is 1. The zero-order valence-corrected chi connectivity index (χ0v) is 9.13. The maximum Gasteiger partial charge on any atom is 0.0346 e. The van der Waals surface area contributed by atoms with Crippen molar-refractivity contribution < 1.29 is 0 Å². The van der Waals surface area contributed by atoms with Gasteiger partial charge in [0.05, 0.1) is 0 Å². The van der Waals surface area contributed by atoms with Crippen LogP contribution in [0.1, 0.15) is 44.6 Å². The van der Waals surface area contributed by atoms with E-state index in [1.807, 2.05) is 12.1 Å². The molecule has 0 saturated carbocycles. The Morgan fingerprint density at radius 3 is 2.43 bits per heavy atom. The van der Waals surface area contributed by atoms with Crippen LogP contribution in [0, 0.1) is 0 Å². The van der Waals surface area contributed by atoms with E-state index in [1.165, 1.54) is 37.7 Å². The topological polar surface area (TPSA) is 26.0 Å². The van der Waals surface area contributed by atoms with Crippen LogP contribution in [0.4, 0.5) is 5.69 Å². The molecule has 0 fully saturated rings. The third-order valence-electron chi connectivity index (χ3n) is 2.60. The van der Waals surface area contributed by atoms with Crippen molar-refractivity contribution >= 4 is 5.69 Å². The Kier molecular flexibility index (Phi) is 5.13. The third-order valence-corrected chi connectivity index (χ3v) is 2.60. The smallest absolute Gasteiger partial charge is 0.0346 e. The third kappa shape index (κ3) is 3.82. The minimum atomic E-state index is 0.947. The molecule has 0 aliphatic carbocycles. The van der Waals surface area contributed by atoms with Crippen molar-refractivity contribution in [1.29, 1.82) is 0 Å². The van der Waals surface area contributed by atoms with Gasteiger partial charge in [0.1, 0.15) is 0 Å². The quantitative estimate of drug-likeness (QED) is 0.537. The second kappa shape index (κ2) is 6.47. The van der Waals surface area contributed by atoms with Gasteiger partial charge in [-0.2, -0.15) is 0 Å². The van der Waals surface area contributed by atoms with Gasteiger partial charge in [-0.1, -0.05) is 50.8 Å². The van der Waals surface area contributed by atoms with Gasteiger partial charge < -0.3 is 5.73 Å². The highest BCUT2D eigenvalue weighted by molar-refractivity contribution is 5.46. The van der Waals surface area contributed by atoms with Crippen molar-refractivity contribution in [2.24, 2.45) is 0 Å². The summed E-state index contributed by atoms with van der Waals surface area (Å²) >= 11 is 0.